The van der Waals surface area contributed by atoms with Crippen molar-refractivity contribution in [2.45, 2.75) is 32.7 Å². The van der Waals surface area contributed by atoms with Crippen LogP contribution in [0.4, 0.5) is 14.5 Å². The third-order valence-electron chi connectivity index (χ3n) is 5.18. The largest absolute Gasteiger partial charge is 0.463 e. The fraction of sp³-hybridized carbons (Fsp3) is 0.273. The Kier molecular flexibility index (Phi) is 6.43. The molecule has 9 heteroatoms. The Morgan fingerprint density at radius 3 is 2.52 bits per heavy atom. The Morgan fingerprint density at radius 2 is 1.90 bits per heavy atom. The maximum absolute atomic E-state index is 14.2. The van der Waals surface area contributed by atoms with Gasteiger partial charge in [-0.15, -0.1) is 0 Å². The first-order valence-electron chi connectivity index (χ1n) is 9.60. The number of esters is 1. The maximum atomic E-state index is 14.2. The van der Waals surface area contributed by atoms with Gasteiger partial charge in [0.05, 0.1) is 23.6 Å². The smallest absolute Gasteiger partial charge is 0.336 e. The molecule has 0 spiro atoms. The van der Waals surface area contributed by atoms with E-state index in [0.717, 1.165) is 6.07 Å². The minimum absolute atomic E-state index is 0.0234. The zero-order valence-electron chi connectivity index (χ0n) is 16.9. The summed E-state index contributed by atoms with van der Waals surface area (Å²) in [6.07, 6.45) is -0.125. The number of carbonyl (C=O) groups is 2. The second-order valence-electron chi connectivity index (χ2n) is 7.02. The number of amides is 1. The van der Waals surface area contributed by atoms with Gasteiger partial charge in [-0.05, 0) is 25.5 Å². The first-order chi connectivity index (χ1) is 14.7. The van der Waals surface area contributed by atoms with Crippen LogP contribution in [0.5, 0.6) is 0 Å². The van der Waals surface area contributed by atoms with Crippen LogP contribution in [0.1, 0.15) is 37.3 Å². The van der Waals surface area contributed by atoms with Crippen LogP contribution >= 0.6 is 0 Å². The number of allylic oxidation sites excluding steroid dienone is 1. The molecule has 1 atom stereocenters. The van der Waals surface area contributed by atoms with Crippen molar-refractivity contribution in [3.63, 3.8) is 0 Å². The molecular weight excluding hydrogens is 410 g/mol. The van der Waals surface area contributed by atoms with Crippen molar-refractivity contribution in [1.29, 1.82) is 0 Å². The van der Waals surface area contributed by atoms with Crippen LogP contribution in [0.2, 0.25) is 0 Å². The van der Waals surface area contributed by atoms with Gasteiger partial charge in [-0.3, -0.25) is 14.9 Å². The van der Waals surface area contributed by atoms with Crippen molar-refractivity contribution in [2.75, 3.05) is 6.61 Å². The molecule has 0 N–H and O–H groups in total. The number of nitro benzene ring substituents is 1. The van der Waals surface area contributed by atoms with Crippen LogP contribution in [-0.2, 0) is 20.9 Å². The van der Waals surface area contributed by atoms with Gasteiger partial charge in [0, 0.05) is 35.7 Å². The molecule has 0 saturated carbocycles. The highest BCUT2D eigenvalue weighted by Crippen LogP contribution is 2.38. The minimum Gasteiger partial charge on any atom is -0.463 e. The van der Waals surface area contributed by atoms with E-state index < -0.39 is 34.4 Å². The number of non-ortho nitro benzene ring substituents is 1. The second-order valence-corrected chi connectivity index (χ2v) is 7.02. The summed E-state index contributed by atoms with van der Waals surface area (Å²) in [6.45, 7) is 3.04. The molecule has 2 aromatic rings. The monoisotopic (exact) mass is 430 g/mol. The topological polar surface area (TPSA) is 89.8 Å². The quantitative estimate of drug-likeness (QED) is 0.389. The summed E-state index contributed by atoms with van der Waals surface area (Å²) < 4.78 is 32.9. The lowest BCUT2D eigenvalue weighted by atomic mass is 9.83. The van der Waals surface area contributed by atoms with E-state index in [1.165, 1.54) is 41.3 Å². The Morgan fingerprint density at radius 1 is 1.23 bits per heavy atom. The molecule has 0 fully saturated rings. The Labute approximate surface area is 177 Å². The van der Waals surface area contributed by atoms with Crippen molar-refractivity contribution in [3.8, 4) is 0 Å². The van der Waals surface area contributed by atoms with Gasteiger partial charge in [-0.25, -0.2) is 13.6 Å². The molecule has 1 amide bonds. The van der Waals surface area contributed by atoms with Crippen LogP contribution in [0, 0.1) is 21.7 Å². The molecule has 1 aliphatic rings. The van der Waals surface area contributed by atoms with Crippen LogP contribution in [0.15, 0.2) is 53.7 Å². The molecule has 0 saturated heterocycles. The van der Waals surface area contributed by atoms with Crippen molar-refractivity contribution in [3.05, 3.63) is 86.6 Å². The second kappa shape index (κ2) is 9.03. The molecule has 162 valence electrons. The number of hydrogen-bond donors (Lipinski definition) is 0. The van der Waals surface area contributed by atoms with E-state index in [1.807, 2.05) is 0 Å². The maximum Gasteiger partial charge on any atom is 0.336 e. The zero-order chi connectivity index (χ0) is 22.7. The fourth-order valence-corrected chi connectivity index (χ4v) is 3.63. The number of ether oxygens (including phenoxy) is 1. The first-order valence-corrected chi connectivity index (χ1v) is 9.60. The highest BCUT2D eigenvalue weighted by molar-refractivity contribution is 5.95. The summed E-state index contributed by atoms with van der Waals surface area (Å²) in [5, 5.41) is 10.9. The number of carbonyl (C=O) groups excluding carboxylic acids is 2. The number of halogens is 2. The number of benzene rings is 2. The van der Waals surface area contributed by atoms with Crippen molar-refractivity contribution < 1.29 is 28.0 Å². The number of rotatable bonds is 6. The van der Waals surface area contributed by atoms with Crippen molar-refractivity contribution >= 4 is 17.6 Å². The number of nitro groups is 1. The average Bonchev–Trinajstić information content (AvgIpc) is 2.73. The molecule has 1 heterocycles. The minimum atomic E-state index is -1.06. The predicted octanol–water partition coefficient (Wildman–Crippen LogP) is 4.23. The number of hydrogen-bond acceptors (Lipinski definition) is 5. The average molecular weight is 430 g/mol. The van der Waals surface area contributed by atoms with Crippen LogP contribution in [0.25, 0.3) is 0 Å². The standard InChI is InChI=1S/C22H20F2N2O5/c1-3-31-22(28)20-13(2)25(12-15-5-4-6-18(23)21(15)24)19(27)11-17(20)14-7-9-16(10-8-14)26(29)30/h4-10,17H,3,11-12H2,1-2H3/t17-/m0/s1. The molecule has 0 bridgehead atoms. The third-order valence-corrected chi connectivity index (χ3v) is 5.18. The molecule has 3 rings (SSSR count). The van der Waals surface area contributed by atoms with Gasteiger partial charge in [0.15, 0.2) is 11.6 Å². The molecule has 7 nitrogen and oxygen atoms in total. The fourth-order valence-electron chi connectivity index (χ4n) is 3.63. The summed E-state index contributed by atoms with van der Waals surface area (Å²) in [6, 6.07) is 9.26. The zero-order valence-corrected chi connectivity index (χ0v) is 16.9. The first kappa shape index (κ1) is 22.1. The summed E-state index contributed by atoms with van der Waals surface area (Å²) >= 11 is 0. The molecular formula is C22H20F2N2O5. The Bertz CT molecular complexity index is 1070. The van der Waals surface area contributed by atoms with Crippen molar-refractivity contribution in [1.82, 2.24) is 4.90 Å². The molecule has 0 aliphatic carbocycles. The third kappa shape index (κ3) is 4.45. The lowest BCUT2D eigenvalue weighted by molar-refractivity contribution is -0.384. The molecule has 31 heavy (non-hydrogen) atoms. The molecule has 1 aliphatic heterocycles. The van der Waals surface area contributed by atoms with Gasteiger partial charge in [-0.2, -0.15) is 0 Å². The summed E-state index contributed by atoms with van der Waals surface area (Å²) in [7, 11) is 0. The van der Waals surface area contributed by atoms with Gasteiger partial charge in [0.1, 0.15) is 0 Å². The molecule has 0 aromatic heterocycles. The van der Waals surface area contributed by atoms with Gasteiger partial charge in [-0.1, -0.05) is 24.3 Å². The van der Waals surface area contributed by atoms with Gasteiger partial charge in [0.2, 0.25) is 5.91 Å². The van der Waals surface area contributed by atoms with Gasteiger partial charge in [0.25, 0.3) is 5.69 Å². The van der Waals surface area contributed by atoms with E-state index >= 15 is 0 Å². The highest BCUT2D eigenvalue weighted by Gasteiger charge is 2.37. The molecule has 0 radical (unpaired) electrons. The Hall–Kier alpha value is -3.62. The summed E-state index contributed by atoms with van der Waals surface area (Å²) in [5.41, 5.74) is 0.865. The lowest BCUT2D eigenvalue weighted by Gasteiger charge is -2.34. The van der Waals surface area contributed by atoms with E-state index in [0.29, 0.717) is 5.56 Å². The molecule has 2 aromatic carbocycles. The van der Waals surface area contributed by atoms with Crippen LogP contribution < -0.4 is 0 Å². The number of nitrogens with zero attached hydrogens (tertiary/aromatic N) is 2. The predicted molar refractivity (Wildman–Crippen MR) is 107 cm³/mol. The SMILES string of the molecule is CCOC(=O)C1=C(C)N(Cc2cccc(F)c2F)C(=O)C[C@H]1c1ccc([N+](=O)[O-])cc1. The van der Waals surface area contributed by atoms with Crippen LogP contribution in [-0.4, -0.2) is 28.3 Å². The van der Waals surface area contributed by atoms with E-state index in [1.54, 1.807) is 13.8 Å². The van der Waals surface area contributed by atoms with Crippen molar-refractivity contribution in [2.24, 2.45) is 0 Å². The highest BCUT2D eigenvalue weighted by atomic mass is 19.2. The van der Waals surface area contributed by atoms with E-state index in [2.05, 4.69) is 0 Å². The summed E-state index contributed by atoms with van der Waals surface area (Å²) in [5.74, 6) is -3.80. The van der Waals surface area contributed by atoms with Gasteiger partial charge >= 0.3 is 5.97 Å². The van der Waals surface area contributed by atoms with E-state index in [-0.39, 0.29) is 42.1 Å². The van der Waals surface area contributed by atoms with Gasteiger partial charge < -0.3 is 9.64 Å². The summed E-state index contributed by atoms with van der Waals surface area (Å²) in [4.78, 5) is 37.2. The Balaban J connectivity index is 2.04. The lowest BCUT2D eigenvalue weighted by Crippen LogP contribution is -2.38. The van der Waals surface area contributed by atoms with E-state index in [9.17, 15) is 28.5 Å². The normalized spacial score (nSPS) is 16.5. The molecule has 0 unspecified atom stereocenters. The van der Waals surface area contributed by atoms with Crippen LogP contribution in [0.3, 0.4) is 0 Å². The van der Waals surface area contributed by atoms with E-state index in [4.69, 9.17) is 4.74 Å².